The number of hydrogen-bond acceptors (Lipinski definition) is 5. The van der Waals surface area contributed by atoms with Crippen LogP contribution in [0.5, 0.6) is 0 Å². The highest BCUT2D eigenvalue weighted by Gasteiger charge is 2.22. The average molecular weight is 918 g/mol. The summed E-state index contributed by atoms with van der Waals surface area (Å²) in [5, 5.41) is 24.1. The average Bonchev–Trinajstić information content (AvgIpc) is 3.97. The van der Waals surface area contributed by atoms with Gasteiger partial charge in [-0.25, -0.2) is 15.0 Å². The Morgan fingerprint density at radius 1 is 0.292 bits per heavy atom. The van der Waals surface area contributed by atoms with Crippen LogP contribution in [0.15, 0.2) is 237 Å². The Bertz CT molecular complexity index is 4180. The lowest BCUT2D eigenvalue weighted by Crippen LogP contribution is -2.04. The van der Waals surface area contributed by atoms with Gasteiger partial charge in [-0.3, -0.25) is 0 Å². The molecule has 0 unspecified atom stereocenters. The molecule has 0 amide bonds. The number of nitriles is 2. The molecule has 0 fully saturated rings. The number of para-hydroxylation sites is 2. The summed E-state index contributed by atoms with van der Waals surface area (Å²) in [6, 6.07) is 85.8. The van der Waals surface area contributed by atoms with Gasteiger partial charge in [0.2, 0.25) is 0 Å². The number of rotatable bonds is 8. The Kier molecular flexibility index (Phi) is 10.1. The molecule has 0 aliphatic heterocycles. The number of hydrogen-bond donors (Lipinski definition) is 0. The van der Waals surface area contributed by atoms with Crippen LogP contribution in [0.1, 0.15) is 11.1 Å². The molecule has 0 aliphatic carbocycles. The largest absolute Gasteiger partial charge is 0.309 e. The summed E-state index contributed by atoms with van der Waals surface area (Å²) >= 11 is 0. The first-order chi connectivity index (χ1) is 35.6. The van der Waals surface area contributed by atoms with Gasteiger partial charge in [-0.05, 0) is 124 Å². The highest BCUT2D eigenvalue weighted by molar-refractivity contribution is 6.13. The molecule has 0 spiro atoms. The Morgan fingerprint density at radius 3 is 1.24 bits per heavy atom. The highest BCUT2D eigenvalue weighted by Crippen LogP contribution is 2.42. The van der Waals surface area contributed by atoms with Gasteiger partial charge in [0, 0.05) is 43.9 Å². The fraction of sp³-hybridized carbons (Fsp3) is 0. The molecule has 7 nitrogen and oxygen atoms in total. The van der Waals surface area contributed by atoms with Crippen LogP contribution >= 0.6 is 0 Å². The minimum Gasteiger partial charge on any atom is -0.309 e. The zero-order valence-electron chi connectivity index (χ0n) is 38.6. The quantitative estimate of drug-likeness (QED) is 0.151. The van der Waals surface area contributed by atoms with E-state index in [0.29, 0.717) is 28.6 Å². The molecule has 3 heterocycles. The topological polar surface area (TPSA) is 96.1 Å². The van der Waals surface area contributed by atoms with Gasteiger partial charge in [0.1, 0.15) is 0 Å². The lowest BCUT2D eigenvalue weighted by molar-refractivity contribution is 1.06. The molecule has 0 saturated heterocycles. The third kappa shape index (κ3) is 7.25. The van der Waals surface area contributed by atoms with E-state index in [4.69, 9.17) is 15.0 Å². The van der Waals surface area contributed by atoms with Gasteiger partial charge in [-0.2, -0.15) is 10.5 Å². The minimum absolute atomic E-state index is 0.534. The van der Waals surface area contributed by atoms with Crippen molar-refractivity contribution < 1.29 is 0 Å². The Labute approximate surface area is 415 Å². The lowest BCUT2D eigenvalue weighted by Gasteiger charge is -2.17. The number of nitrogens with zero attached hydrogens (tertiary/aromatic N) is 7. The molecule has 0 N–H and O–H groups in total. The van der Waals surface area contributed by atoms with E-state index in [-0.39, 0.29) is 0 Å². The fourth-order valence-electron chi connectivity index (χ4n) is 10.2. The van der Waals surface area contributed by atoms with Gasteiger partial charge in [-0.1, -0.05) is 146 Å². The smallest absolute Gasteiger partial charge is 0.166 e. The Morgan fingerprint density at radius 2 is 0.694 bits per heavy atom. The molecule has 0 aliphatic rings. The van der Waals surface area contributed by atoms with E-state index in [2.05, 4.69) is 149 Å². The molecular weight excluding hydrogens is 879 g/mol. The van der Waals surface area contributed by atoms with Gasteiger partial charge < -0.3 is 9.13 Å². The lowest BCUT2D eigenvalue weighted by atomic mass is 9.99. The SMILES string of the molecule is N#Cc1cccc(-c2ccc3c(c2)c2cc(-c4cccc(C#N)c4)ccc2n3-c2ccc(-c3ccc4c(c3)c3ccccc3n4-c3ccccc3)cc2-c2nc(-c3ccccc3)nc(-c3ccccc3)n2)c1. The second-order valence-corrected chi connectivity index (χ2v) is 17.9. The molecule has 334 valence electrons. The van der Waals surface area contributed by atoms with Crippen LogP contribution in [0.4, 0.5) is 0 Å². The normalized spacial score (nSPS) is 11.3. The van der Waals surface area contributed by atoms with Crippen molar-refractivity contribution >= 4 is 43.6 Å². The summed E-state index contributed by atoms with van der Waals surface area (Å²) in [5.41, 5.74) is 16.0. The van der Waals surface area contributed by atoms with Gasteiger partial charge in [0.15, 0.2) is 17.5 Å². The maximum atomic E-state index is 9.85. The van der Waals surface area contributed by atoms with E-state index < -0.39 is 0 Å². The molecule has 0 radical (unpaired) electrons. The minimum atomic E-state index is 0.534. The zero-order valence-corrected chi connectivity index (χ0v) is 38.6. The van der Waals surface area contributed by atoms with Crippen molar-refractivity contribution in [3.8, 4) is 91.1 Å². The van der Waals surface area contributed by atoms with E-state index in [1.165, 1.54) is 5.39 Å². The summed E-state index contributed by atoms with van der Waals surface area (Å²) in [4.78, 5) is 15.8. The molecule has 0 saturated carbocycles. The van der Waals surface area contributed by atoms with Crippen molar-refractivity contribution in [2.45, 2.75) is 0 Å². The predicted molar refractivity (Wildman–Crippen MR) is 291 cm³/mol. The maximum Gasteiger partial charge on any atom is 0.166 e. The molecule has 3 aromatic heterocycles. The summed E-state index contributed by atoms with van der Waals surface area (Å²) in [6.07, 6.45) is 0. The second kappa shape index (κ2) is 17.4. The van der Waals surface area contributed by atoms with Crippen molar-refractivity contribution in [3.63, 3.8) is 0 Å². The monoisotopic (exact) mass is 917 g/mol. The molecule has 7 heteroatoms. The van der Waals surface area contributed by atoms with Crippen LogP contribution in [0.25, 0.3) is 123 Å². The third-order valence-electron chi connectivity index (χ3n) is 13.6. The van der Waals surface area contributed by atoms with Crippen molar-refractivity contribution in [2.24, 2.45) is 0 Å². The first-order valence-electron chi connectivity index (χ1n) is 23.8. The Balaban J connectivity index is 1.09. The molecule has 10 aromatic carbocycles. The van der Waals surface area contributed by atoms with Crippen LogP contribution in [-0.4, -0.2) is 24.1 Å². The van der Waals surface area contributed by atoms with Crippen LogP contribution in [0.3, 0.4) is 0 Å². The van der Waals surface area contributed by atoms with Crippen molar-refractivity contribution in [2.75, 3.05) is 0 Å². The maximum absolute atomic E-state index is 9.85. The second-order valence-electron chi connectivity index (χ2n) is 17.9. The number of fused-ring (bicyclic) bond motifs is 6. The number of aromatic nitrogens is 5. The summed E-state index contributed by atoms with van der Waals surface area (Å²) in [5.74, 6) is 1.68. The molecule has 0 bridgehead atoms. The molecule has 13 aromatic rings. The zero-order chi connectivity index (χ0) is 48.1. The van der Waals surface area contributed by atoms with Gasteiger partial charge >= 0.3 is 0 Å². The van der Waals surface area contributed by atoms with Crippen LogP contribution < -0.4 is 0 Å². The first kappa shape index (κ1) is 41.9. The van der Waals surface area contributed by atoms with Crippen LogP contribution in [0.2, 0.25) is 0 Å². The summed E-state index contributed by atoms with van der Waals surface area (Å²) < 4.78 is 4.66. The van der Waals surface area contributed by atoms with Crippen molar-refractivity contribution in [3.05, 3.63) is 248 Å². The molecule has 13 rings (SSSR count). The van der Waals surface area contributed by atoms with Gasteiger partial charge in [0.05, 0.1) is 51.0 Å². The van der Waals surface area contributed by atoms with E-state index in [1.807, 2.05) is 109 Å². The van der Waals surface area contributed by atoms with E-state index in [1.54, 1.807) is 0 Å². The molecule has 0 atom stereocenters. The van der Waals surface area contributed by atoms with E-state index in [9.17, 15) is 10.5 Å². The van der Waals surface area contributed by atoms with Crippen LogP contribution in [0, 0.1) is 22.7 Å². The van der Waals surface area contributed by atoms with Gasteiger partial charge in [-0.15, -0.1) is 0 Å². The fourth-order valence-corrected chi connectivity index (χ4v) is 10.2. The Hall–Kier alpha value is -10.2. The first-order valence-corrected chi connectivity index (χ1v) is 23.8. The summed E-state index contributed by atoms with van der Waals surface area (Å²) in [6.45, 7) is 0. The van der Waals surface area contributed by atoms with Crippen LogP contribution in [-0.2, 0) is 0 Å². The molecule has 72 heavy (non-hydrogen) atoms. The molecular formula is C65H39N7. The van der Waals surface area contributed by atoms with Crippen molar-refractivity contribution in [1.82, 2.24) is 24.1 Å². The van der Waals surface area contributed by atoms with Crippen molar-refractivity contribution in [1.29, 1.82) is 10.5 Å². The number of benzene rings is 10. The highest BCUT2D eigenvalue weighted by atomic mass is 15.1. The van der Waals surface area contributed by atoms with Gasteiger partial charge in [0.25, 0.3) is 0 Å². The standard InChI is InChI=1S/C65H39N7/c66-40-42-14-12-20-46(34-42)48-27-31-60-55(37-48)56-38-49(47-21-13-15-43(35-47)41-67)28-32-61(56)72(60)62-33-29-51(50-26-30-59-54(36-50)53-24-10-11-25-58(53)71(59)52-22-8-3-9-23-52)39-57(62)65-69-63(44-16-4-1-5-17-44)68-64(70-65)45-18-6-2-7-19-45/h1-39H. The predicted octanol–water partition coefficient (Wildman–Crippen LogP) is 15.8. The summed E-state index contributed by atoms with van der Waals surface area (Å²) in [7, 11) is 0. The van der Waals surface area contributed by atoms with E-state index >= 15 is 0 Å². The third-order valence-corrected chi connectivity index (χ3v) is 13.6. The van der Waals surface area contributed by atoms with E-state index in [0.717, 1.165) is 99.7 Å².